The molecule has 2 amide bonds. The lowest BCUT2D eigenvalue weighted by Crippen LogP contribution is -2.24. The van der Waals surface area contributed by atoms with Crippen LogP contribution in [-0.4, -0.2) is 29.5 Å². The lowest BCUT2D eigenvalue weighted by molar-refractivity contribution is -0.385. The highest BCUT2D eigenvalue weighted by Gasteiger charge is 2.29. The summed E-state index contributed by atoms with van der Waals surface area (Å²) in [6, 6.07) is 12.2. The van der Waals surface area contributed by atoms with Gasteiger partial charge in [0.15, 0.2) is 12.4 Å². The van der Waals surface area contributed by atoms with E-state index in [0.717, 1.165) is 18.2 Å². The summed E-state index contributed by atoms with van der Waals surface area (Å²) in [7, 11) is 0. The van der Waals surface area contributed by atoms with Crippen molar-refractivity contribution in [2.24, 2.45) is 0 Å². The highest BCUT2D eigenvalue weighted by atomic mass is 19.4. The molecular formula is C21H16F3N3O6. The third-order valence-corrected chi connectivity index (χ3v) is 4.19. The molecule has 12 heteroatoms. The first kappa shape index (κ1) is 23.3. The minimum absolute atomic E-state index is 0.0753. The third kappa shape index (κ3) is 6.56. The number of amides is 2. The van der Waals surface area contributed by atoms with Crippen LogP contribution in [0, 0.1) is 10.1 Å². The van der Waals surface area contributed by atoms with Crippen molar-refractivity contribution >= 4 is 23.2 Å². The normalized spacial score (nSPS) is 11.0. The van der Waals surface area contributed by atoms with Crippen LogP contribution >= 0.6 is 0 Å². The summed E-state index contributed by atoms with van der Waals surface area (Å²) >= 11 is 0. The van der Waals surface area contributed by atoms with Crippen LogP contribution < -0.4 is 15.4 Å². The van der Waals surface area contributed by atoms with Crippen LogP contribution in [0.2, 0.25) is 0 Å². The molecule has 2 aromatic carbocycles. The number of carbonyl (C=O) groups excluding carboxylic acids is 2. The van der Waals surface area contributed by atoms with Gasteiger partial charge in [-0.25, -0.2) is 0 Å². The number of carbonyl (C=O) groups is 2. The molecule has 1 heterocycles. The zero-order valence-corrected chi connectivity index (χ0v) is 16.7. The molecular weight excluding hydrogens is 447 g/mol. The van der Waals surface area contributed by atoms with Gasteiger partial charge in [0, 0.05) is 18.3 Å². The number of anilines is 1. The van der Waals surface area contributed by atoms with Crippen LogP contribution in [0.4, 0.5) is 24.5 Å². The summed E-state index contributed by atoms with van der Waals surface area (Å²) in [5.74, 6) is -1.60. The summed E-state index contributed by atoms with van der Waals surface area (Å²) in [4.78, 5) is 35.0. The average molecular weight is 463 g/mol. The van der Waals surface area contributed by atoms with Crippen molar-refractivity contribution in [3.8, 4) is 5.75 Å². The molecule has 3 rings (SSSR count). The van der Waals surface area contributed by atoms with Gasteiger partial charge in [-0.05, 0) is 42.0 Å². The van der Waals surface area contributed by atoms with E-state index in [-0.39, 0.29) is 18.1 Å². The fourth-order valence-electron chi connectivity index (χ4n) is 2.75. The van der Waals surface area contributed by atoms with E-state index in [1.165, 1.54) is 12.3 Å². The van der Waals surface area contributed by atoms with E-state index in [9.17, 15) is 32.9 Å². The zero-order valence-electron chi connectivity index (χ0n) is 16.7. The molecule has 0 aliphatic carbocycles. The van der Waals surface area contributed by atoms with Crippen LogP contribution in [0.15, 0.2) is 65.3 Å². The van der Waals surface area contributed by atoms with Crippen molar-refractivity contribution in [1.29, 1.82) is 0 Å². The molecule has 0 saturated carbocycles. The van der Waals surface area contributed by atoms with Gasteiger partial charge in [0.1, 0.15) is 11.3 Å². The molecule has 0 spiro atoms. The molecule has 0 bridgehead atoms. The Morgan fingerprint density at radius 2 is 1.85 bits per heavy atom. The Labute approximate surface area is 184 Å². The van der Waals surface area contributed by atoms with Gasteiger partial charge in [-0.2, -0.15) is 13.2 Å². The van der Waals surface area contributed by atoms with Crippen LogP contribution in [-0.2, 0) is 6.54 Å². The molecule has 3 aromatic rings. The summed E-state index contributed by atoms with van der Waals surface area (Å²) in [6.45, 7) is -1.68. The number of benzene rings is 2. The predicted molar refractivity (Wildman–Crippen MR) is 109 cm³/mol. The maximum atomic E-state index is 12.5. The maximum Gasteiger partial charge on any atom is 0.422 e. The van der Waals surface area contributed by atoms with Crippen molar-refractivity contribution in [2.75, 3.05) is 11.9 Å². The second-order valence-electron chi connectivity index (χ2n) is 6.65. The van der Waals surface area contributed by atoms with Gasteiger partial charge >= 0.3 is 6.18 Å². The van der Waals surface area contributed by atoms with Crippen molar-refractivity contribution in [3.05, 3.63) is 87.9 Å². The van der Waals surface area contributed by atoms with Crippen LogP contribution in [0.5, 0.6) is 5.75 Å². The van der Waals surface area contributed by atoms with Crippen LogP contribution in [0.25, 0.3) is 0 Å². The first-order valence-corrected chi connectivity index (χ1v) is 9.32. The lowest BCUT2D eigenvalue weighted by atomic mass is 10.1. The molecule has 2 N–H and O–H groups in total. The fraction of sp³-hybridized carbons (Fsp3) is 0.143. The van der Waals surface area contributed by atoms with E-state index < -0.39 is 40.8 Å². The summed E-state index contributed by atoms with van der Waals surface area (Å²) < 4.78 is 46.7. The zero-order chi connectivity index (χ0) is 24.0. The Bertz CT molecular complexity index is 1160. The maximum absolute atomic E-state index is 12.5. The van der Waals surface area contributed by atoms with Gasteiger partial charge in [0.2, 0.25) is 0 Å². The largest absolute Gasteiger partial charge is 0.484 e. The molecule has 1 aromatic heterocycles. The number of nitro groups is 1. The number of rotatable bonds is 8. The second-order valence-corrected chi connectivity index (χ2v) is 6.65. The highest BCUT2D eigenvalue weighted by molar-refractivity contribution is 6.02. The van der Waals surface area contributed by atoms with Gasteiger partial charge in [0.05, 0.1) is 11.2 Å². The average Bonchev–Trinajstić information content (AvgIpc) is 3.31. The van der Waals surface area contributed by atoms with E-state index in [4.69, 9.17) is 4.42 Å². The van der Waals surface area contributed by atoms with Crippen LogP contribution in [0.3, 0.4) is 0 Å². The Morgan fingerprint density at radius 3 is 2.52 bits per heavy atom. The summed E-state index contributed by atoms with van der Waals surface area (Å²) in [5, 5.41) is 16.3. The molecule has 9 nitrogen and oxygen atoms in total. The van der Waals surface area contributed by atoms with Gasteiger partial charge in [-0.15, -0.1) is 0 Å². The number of halogens is 3. The molecule has 0 atom stereocenters. The molecule has 0 saturated heterocycles. The number of hydrogen-bond donors (Lipinski definition) is 2. The number of nitro benzene ring substituents is 1. The van der Waals surface area contributed by atoms with E-state index >= 15 is 0 Å². The lowest BCUT2D eigenvalue weighted by Gasteiger charge is -2.11. The Hall–Kier alpha value is -4.35. The monoisotopic (exact) mass is 463 g/mol. The van der Waals surface area contributed by atoms with Gasteiger partial charge in [-0.3, -0.25) is 19.7 Å². The first-order chi connectivity index (χ1) is 15.6. The quantitative estimate of drug-likeness (QED) is 0.379. The van der Waals surface area contributed by atoms with Gasteiger partial charge in [-0.1, -0.05) is 12.1 Å². The van der Waals surface area contributed by atoms with E-state index in [1.54, 1.807) is 30.3 Å². The smallest absolute Gasteiger partial charge is 0.422 e. The van der Waals surface area contributed by atoms with Gasteiger partial charge in [0.25, 0.3) is 17.5 Å². The molecule has 0 unspecified atom stereocenters. The Kier molecular flexibility index (Phi) is 6.96. The number of alkyl halides is 3. The van der Waals surface area contributed by atoms with Crippen molar-refractivity contribution in [2.45, 2.75) is 12.7 Å². The Morgan fingerprint density at radius 1 is 1.06 bits per heavy atom. The summed E-state index contributed by atoms with van der Waals surface area (Å²) in [5.41, 5.74) is -0.0855. The topological polar surface area (TPSA) is 124 Å². The number of nitrogens with zero attached hydrogens (tertiary/aromatic N) is 1. The predicted octanol–water partition coefficient (Wildman–Crippen LogP) is 4.31. The first-order valence-electron chi connectivity index (χ1n) is 9.32. The molecule has 172 valence electrons. The highest BCUT2D eigenvalue weighted by Crippen LogP contribution is 2.26. The fourth-order valence-corrected chi connectivity index (χ4v) is 2.75. The Balaban J connectivity index is 1.69. The van der Waals surface area contributed by atoms with E-state index in [1.807, 2.05) is 0 Å². The van der Waals surface area contributed by atoms with Gasteiger partial charge < -0.3 is 19.8 Å². The van der Waals surface area contributed by atoms with Crippen molar-refractivity contribution in [1.82, 2.24) is 5.32 Å². The summed E-state index contributed by atoms with van der Waals surface area (Å²) in [6.07, 6.45) is -3.26. The van der Waals surface area contributed by atoms with Crippen molar-refractivity contribution in [3.63, 3.8) is 0 Å². The third-order valence-electron chi connectivity index (χ3n) is 4.19. The number of nitrogens with one attached hydrogen (secondary N) is 2. The minimum Gasteiger partial charge on any atom is -0.484 e. The number of furan rings is 1. The molecule has 33 heavy (non-hydrogen) atoms. The van der Waals surface area contributed by atoms with E-state index in [0.29, 0.717) is 11.3 Å². The molecule has 0 fully saturated rings. The number of hydrogen-bond acceptors (Lipinski definition) is 6. The second kappa shape index (κ2) is 9.85. The SMILES string of the molecule is O=C(Nc1cccc(CNC(=O)c2cc(OCC(F)(F)F)ccc2[N+](=O)[O-])c1)c1ccco1. The standard InChI is InChI=1S/C21H16F3N3O6/c22-21(23,24)12-33-15-6-7-17(27(30)31)16(10-15)19(28)25-11-13-3-1-4-14(9-13)26-20(29)18-5-2-8-32-18/h1-10H,11-12H2,(H,25,28)(H,26,29). The molecule has 0 aliphatic rings. The molecule has 0 aliphatic heterocycles. The van der Waals surface area contributed by atoms with Crippen LogP contribution in [0.1, 0.15) is 26.5 Å². The number of ether oxygens (including phenoxy) is 1. The van der Waals surface area contributed by atoms with Crippen molar-refractivity contribution < 1.29 is 36.8 Å². The minimum atomic E-state index is -4.61. The molecule has 0 radical (unpaired) electrons. The van der Waals surface area contributed by atoms with E-state index in [2.05, 4.69) is 15.4 Å².